The normalized spacial score (nSPS) is 11.0. The third-order valence-corrected chi connectivity index (χ3v) is 1.29. The number of allylic oxidation sites excluding steroid dienone is 2. The van der Waals surface area contributed by atoms with Gasteiger partial charge in [-0.3, -0.25) is 0 Å². The van der Waals surface area contributed by atoms with Crippen LogP contribution < -0.4 is 0 Å². The summed E-state index contributed by atoms with van der Waals surface area (Å²) in [6.45, 7) is 4.04. The molecule has 0 radical (unpaired) electrons. The predicted octanol–water partition coefficient (Wildman–Crippen LogP) is 2.65. The molecule has 0 bridgehead atoms. The van der Waals surface area contributed by atoms with E-state index < -0.39 is 0 Å². The van der Waals surface area contributed by atoms with Crippen molar-refractivity contribution in [3.05, 3.63) is 11.6 Å². The maximum absolute atomic E-state index is 8.43. The highest BCUT2D eigenvalue weighted by molar-refractivity contribution is 5.18. The van der Waals surface area contributed by atoms with Crippen LogP contribution >= 0.6 is 0 Å². The summed E-state index contributed by atoms with van der Waals surface area (Å²) in [6, 6.07) is 2.15. The molecule has 0 aliphatic carbocycles. The zero-order valence-electron chi connectivity index (χ0n) is 6.15. The fourth-order valence-electron chi connectivity index (χ4n) is 0.632. The van der Waals surface area contributed by atoms with Crippen molar-refractivity contribution in [2.45, 2.75) is 33.1 Å². The molecule has 0 amide bonds. The Bertz CT molecular complexity index is 128. The molecule has 9 heavy (non-hydrogen) atoms. The van der Waals surface area contributed by atoms with E-state index in [2.05, 4.69) is 13.0 Å². The molecule has 0 aromatic carbocycles. The maximum atomic E-state index is 8.43. The summed E-state index contributed by atoms with van der Waals surface area (Å²) in [5.41, 5.74) is 0.914. The molecule has 0 heterocycles. The zero-order chi connectivity index (χ0) is 7.11. The van der Waals surface area contributed by atoms with Crippen LogP contribution in [0.5, 0.6) is 0 Å². The summed E-state index contributed by atoms with van der Waals surface area (Å²) >= 11 is 0. The molecule has 0 saturated carbocycles. The van der Waals surface area contributed by atoms with Crippen LogP contribution in [0.4, 0.5) is 0 Å². The molecule has 1 heteroatoms. The highest BCUT2D eigenvalue weighted by atomic mass is 14.2. The maximum Gasteiger partial charge on any atom is 0.0943 e. The minimum Gasteiger partial charge on any atom is -0.193 e. The first kappa shape index (κ1) is 8.23. The SMILES string of the molecule is CC=C(C#N)CCCC. The van der Waals surface area contributed by atoms with Crippen molar-refractivity contribution in [1.29, 1.82) is 5.26 Å². The Morgan fingerprint density at radius 1 is 1.67 bits per heavy atom. The first-order valence-electron chi connectivity index (χ1n) is 3.40. The number of hydrogen-bond acceptors (Lipinski definition) is 1. The van der Waals surface area contributed by atoms with Gasteiger partial charge in [-0.15, -0.1) is 0 Å². The molecule has 0 saturated heterocycles. The van der Waals surface area contributed by atoms with Crippen molar-refractivity contribution in [2.75, 3.05) is 0 Å². The van der Waals surface area contributed by atoms with E-state index in [0.29, 0.717) is 0 Å². The van der Waals surface area contributed by atoms with Crippen LogP contribution in [0.1, 0.15) is 33.1 Å². The van der Waals surface area contributed by atoms with Crippen molar-refractivity contribution < 1.29 is 0 Å². The Morgan fingerprint density at radius 3 is 2.67 bits per heavy atom. The van der Waals surface area contributed by atoms with Crippen molar-refractivity contribution >= 4 is 0 Å². The minimum atomic E-state index is 0.914. The Balaban J connectivity index is 3.49. The molecule has 0 aromatic rings. The monoisotopic (exact) mass is 123 g/mol. The molecule has 50 valence electrons. The van der Waals surface area contributed by atoms with E-state index in [9.17, 15) is 0 Å². The summed E-state index contributed by atoms with van der Waals surface area (Å²) in [6.07, 6.45) is 5.13. The van der Waals surface area contributed by atoms with Gasteiger partial charge in [-0.05, 0) is 19.8 Å². The lowest BCUT2D eigenvalue weighted by Gasteiger charge is -1.91. The average Bonchev–Trinajstić information content (AvgIpc) is 1.91. The van der Waals surface area contributed by atoms with Gasteiger partial charge in [-0.2, -0.15) is 5.26 Å². The van der Waals surface area contributed by atoms with Crippen LogP contribution in [0.25, 0.3) is 0 Å². The Labute approximate surface area is 57.0 Å². The third-order valence-electron chi connectivity index (χ3n) is 1.29. The molecule has 0 fully saturated rings. The Kier molecular flexibility index (Phi) is 4.91. The standard InChI is InChI=1S/C8H13N/c1-3-5-6-8(4-2)7-9/h4H,3,5-6H2,1-2H3. The van der Waals surface area contributed by atoms with Crippen molar-refractivity contribution in [3.63, 3.8) is 0 Å². The van der Waals surface area contributed by atoms with Gasteiger partial charge in [0.25, 0.3) is 0 Å². The highest BCUT2D eigenvalue weighted by Crippen LogP contribution is 2.04. The predicted molar refractivity (Wildman–Crippen MR) is 38.9 cm³/mol. The summed E-state index contributed by atoms with van der Waals surface area (Å²) in [5, 5.41) is 8.43. The van der Waals surface area contributed by atoms with Gasteiger partial charge >= 0.3 is 0 Å². The van der Waals surface area contributed by atoms with E-state index in [1.54, 1.807) is 0 Å². The summed E-state index contributed by atoms with van der Waals surface area (Å²) in [7, 11) is 0. The number of rotatable bonds is 3. The molecule has 0 rings (SSSR count). The van der Waals surface area contributed by atoms with Gasteiger partial charge in [-0.1, -0.05) is 19.4 Å². The van der Waals surface area contributed by atoms with Gasteiger partial charge in [-0.25, -0.2) is 0 Å². The molecular formula is C8H13N. The van der Waals surface area contributed by atoms with Crippen LogP contribution in [0.15, 0.2) is 11.6 Å². The van der Waals surface area contributed by atoms with Crippen LogP contribution in [-0.4, -0.2) is 0 Å². The zero-order valence-corrected chi connectivity index (χ0v) is 6.15. The topological polar surface area (TPSA) is 23.8 Å². The first-order chi connectivity index (χ1) is 4.35. The molecule has 0 aliphatic heterocycles. The second kappa shape index (κ2) is 5.37. The Morgan fingerprint density at radius 2 is 2.33 bits per heavy atom. The van der Waals surface area contributed by atoms with E-state index in [1.165, 1.54) is 6.42 Å². The van der Waals surface area contributed by atoms with Crippen molar-refractivity contribution in [2.24, 2.45) is 0 Å². The van der Waals surface area contributed by atoms with Crippen molar-refractivity contribution in [1.82, 2.24) is 0 Å². The van der Waals surface area contributed by atoms with Gasteiger partial charge in [0, 0.05) is 5.57 Å². The van der Waals surface area contributed by atoms with Gasteiger partial charge in [0.2, 0.25) is 0 Å². The molecule has 0 atom stereocenters. The van der Waals surface area contributed by atoms with Crippen LogP contribution in [0.2, 0.25) is 0 Å². The van der Waals surface area contributed by atoms with Crippen LogP contribution in [0.3, 0.4) is 0 Å². The van der Waals surface area contributed by atoms with Gasteiger partial charge < -0.3 is 0 Å². The molecule has 0 aliphatic rings. The average molecular weight is 123 g/mol. The van der Waals surface area contributed by atoms with E-state index in [4.69, 9.17) is 5.26 Å². The summed E-state index contributed by atoms with van der Waals surface area (Å²) < 4.78 is 0. The lowest BCUT2D eigenvalue weighted by molar-refractivity contribution is 0.799. The van der Waals surface area contributed by atoms with E-state index in [0.717, 1.165) is 18.4 Å². The van der Waals surface area contributed by atoms with Gasteiger partial charge in [0.1, 0.15) is 0 Å². The molecular weight excluding hydrogens is 110 g/mol. The molecule has 0 N–H and O–H groups in total. The number of nitrogens with zero attached hydrogens (tertiary/aromatic N) is 1. The lowest BCUT2D eigenvalue weighted by atomic mass is 10.1. The van der Waals surface area contributed by atoms with E-state index >= 15 is 0 Å². The molecule has 0 spiro atoms. The van der Waals surface area contributed by atoms with Crippen LogP contribution in [0, 0.1) is 11.3 Å². The molecule has 1 nitrogen and oxygen atoms in total. The number of hydrogen-bond donors (Lipinski definition) is 0. The lowest BCUT2D eigenvalue weighted by Crippen LogP contribution is -1.77. The largest absolute Gasteiger partial charge is 0.193 e. The minimum absolute atomic E-state index is 0.914. The highest BCUT2D eigenvalue weighted by Gasteiger charge is 1.89. The van der Waals surface area contributed by atoms with Crippen LogP contribution in [-0.2, 0) is 0 Å². The van der Waals surface area contributed by atoms with E-state index in [1.807, 2.05) is 13.0 Å². The van der Waals surface area contributed by atoms with E-state index in [-0.39, 0.29) is 0 Å². The van der Waals surface area contributed by atoms with Crippen molar-refractivity contribution in [3.8, 4) is 6.07 Å². The second-order valence-corrected chi connectivity index (χ2v) is 2.03. The second-order valence-electron chi connectivity index (χ2n) is 2.03. The summed E-state index contributed by atoms with van der Waals surface area (Å²) in [4.78, 5) is 0. The first-order valence-corrected chi connectivity index (χ1v) is 3.40. The quantitative estimate of drug-likeness (QED) is 0.529. The number of unbranched alkanes of at least 4 members (excludes halogenated alkanes) is 1. The molecule has 0 aromatic heterocycles. The fraction of sp³-hybridized carbons (Fsp3) is 0.625. The third kappa shape index (κ3) is 3.78. The molecule has 0 unspecified atom stereocenters. The van der Waals surface area contributed by atoms with Gasteiger partial charge in [0.05, 0.1) is 6.07 Å². The summed E-state index contributed by atoms with van der Waals surface area (Å²) in [5.74, 6) is 0. The fourth-order valence-corrected chi connectivity index (χ4v) is 0.632. The Hall–Kier alpha value is -0.770. The smallest absolute Gasteiger partial charge is 0.0943 e. The number of nitriles is 1. The van der Waals surface area contributed by atoms with Gasteiger partial charge in [0.15, 0.2) is 0 Å².